The van der Waals surface area contributed by atoms with Gasteiger partial charge in [-0.2, -0.15) is 0 Å². The van der Waals surface area contributed by atoms with Gasteiger partial charge in [0, 0.05) is 12.1 Å². The summed E-state index contributed by atoms with van der Waals surface area (Å²) in [7, 11) is 0. The molecule has 0 amide bonds. The summed E-state index contributed by atoms with van der Waals surface area (Å²) in [6.07, 6.45) is 4.01. The van der Waals surface area contributed by atoms with Crippen LogP contribution in [0.4, 0.5) is 0 Å². The molecule has 0 saturated carbocycles. The van der Waals surface area contributed by atoms with E-state index >= 15 is 0 Å². The first-order valence-electron chi connectivity index (χ1n) is 4.50. The molecule has 0 radical (unpaired) electrons. The third kappa shape index (κ3) is 9.66. The van der Waals surface area contributed by atoms with E-state index in [1.807, 2.05) is 19.1 Å². The fraction of sp³-hybridized carbons (Fsp3) is 0.800. The minimum absolute atomic E-state index is 0.198. The van der Waals surface area contributed by atoms with Crippen LogP contribution in [0.25, 0.3) is 0 Å². The van der Waals surface area contributed by atoms with Crippen LogP contribution >= 0.6 is 0 Å². The second kappa shape index (κ2) is 6.21. The Labute approximate surface area is 76.0 Å². The molecular weight excluding hydrogens is 150 g/mol. The summed E-state index contributed by atoms with van der Waals surface area (Å²) in [5.41, 5.74) is 0.198. The SMILES string of the molecule is CC=CCOCCNC(C)(C)C. The number of hydrogen-bond donors (Lipinski definition) is 1. The Kier molecular flexibility index (Phi) is 6.03. The average Bonchev–Trinajstić information content (AvgIpc) is 1.94. The fourth-order valence-corrected chi connectivity index (χ4v) is 0.746. The van der Waals surface area contributed by atoms with Crippen molar-refractivity contribution >= 4 is 0 Å². The largest absolute Gasteiger partial charge is 0.376 e. The molecule has 72 valence electrons. The van der Waals surface area contributed by atoms with Crippen molar-refractivity contribution in [3.8, 4) is 0 Å². The number of nitrogens with one attached hydrogen (secondary N) is 1. The van der Waals surface area contributed by atoms with E-state index in [0.29, 0.717) is 0 Å². The molecule has 0 unspecified atom stereocenters. The minimum Gasteiger partial charge on any atom is -0.376 e. The predicted octanol–water partition coefficient (Wildman–Crippen LogP) is 1.97. The van der Waals surface area contributed by atoms with Gasteiger partial charge < -0.3 is 10.1 Å². The minimum atomic E-state index is 0.198. The first kappa shape index (κ1) is 11.7. The van der Waals surface area contributed by atoms with Gasteiger partial charge >= 0.3 is 0 Å². The molecule has 0 aliphatic carbocycles. The van der Waals surface area contributed by atoms with Gasteiger partial charge in [-0.25, -0.2) is 0 Å². The van der Waals surface area contributed by atoms with Crippen molar-refractivity contribution in [1.82, 2.24) is 5.32 Å². The van der Waals surface area contributed by atoms with Crippen molar-refractivity contribution in [2.24, 2.45) is 0 Å². The quantitative estimate of drug-likeness (QED) is 0.504. The van der Waals surface area contributed by atoms with Gasteiger partial charge in [-0.1, -0.05) is 12.2 Å². The Morgan fingerprint density at radius 3 is 2.50 bits per heavy atom. The predicted molar refractivity (Wildman–Crippen MR) is 53.4 cm³/mol. The summed E-state index contributed by atoms with van der Waals surface area (Å²) in [4.78, 5) is 0. The monoisotopic (exact) mass is 171 g/mol. The molecule has 0 aliphatic rings. The zero-order chi connectivity index (χ0) is 9.45. The van der Waals surface area contributed by atoms with E-state index < -0.39 is 0 Å². The maximum absolute atomic E-state index is 5.32. The molecule has 0 heterocycles. The molecule has 0 aliphatic heterocycles. The smallest absolute Gasteiger partial charge is 0.0647 e. The molecule has 0 aromatic carbocycles. The lowest BCUT2D eigenvalue weighted by atomic mass is 10.1. The number of ether oxygens (including phenoxy) is 1. The van der Waals surface area contributed by atoms with Crippen molar-refractivity contribution in [3.05, 3.63) is 12.2 Å². The molecule has 0 atom stereocenters. The summed E-state index contributed by atoms with van der Waals surface area (Å²) in [5, 5.41) is 3.35. The molecular formula is C10H21NO. The normalized spacial score (nSPS) is 12.7. The third-order valence-corrected chi connectivity index (χ3v) is 1.35. The maximum atomic E-state index is 5.32. The summed E-state index contributed by atoms with van der Waals surface area (Å²) < 4.78 is 5.32. The second-order valence-electron chi connectivity index (χ2n) is 3.82. The molecule has 0 aromatic rings. The van der Waals surface area contributed by atoms with E-state index in [0.717, 1.165) is 19.8 Å². The summed E-state index contributed by atoms with van der Waals surface area (Å²) in [6.45, 7) is 10.9. The highest BCUT2D eigenvalue weighted by molar-refractivity contribution is 4.76. The summed E-state index contributed by atoms with van der Waals surface area (Å²) >= 11 is 0. The molecule has 2 heteroatoms. The van der Waals surface area contributed by atoms with Crippen LogP contribution in [0.15, 0.2) is 12.2 Å². The molecule has 0 spiro atoms. The fourth-order valence-electron chi connectivity index (χ4n) is 0.746. The van der Waals surface area contributed by atoms with E-state index in [4.69, 9.17) is 4.74 Å². The number of hydrogen-bond acceptors (Lipinski definition) is 2. The first-order valence-corrected chi connectivity index (χ1v) is 4.50. The van der Waals surface area contributed by atoms with Crippen LogP contribution < -0.4 is 5.32 Å². The van der Waals surface area contributed by atoms with Crippen LogP contribution in [0.1, 0.15) is 27.7 Å². The van der Waals surface area contributed by atoms with Crippen molar-refractivity contribution in [3.63, 3.8) is 0 Å². The Morgan fingerprint density at radius 2 is 2.00 bits per heavy atom. The average molecular weight is 171 g/mol. The zero-order valence-corrected chi connectivity index (χ0v) is 8.68. The third-order valence-electron chi connectivity index (χ3n) is 1.35. The van der Waals surface area contributed by atoms with Crippen LogP contribution in [-0.2, 0) is 4.74 Å². The molecule has 12 heavy (non-hydrogen) atoms. The highest BCUT2D eigenvalue weighted by atomic mass is 16.5. The lowest BCUT2D eigenvalue weighted by Gasteiger charge is -2.20. The highest BCUT2D eigenvalue weighted by Gasteiger charge is 2.06. The van der Waals surface area contributed by atoms with Crippen LogP contribution in [0.5, 0.6) is 0 Å². The lowest BCUT2D eigenvalue weighted by molar-refractivity contribution is 0.157. The van der Waals surface area contributed by atoms with Crippen molar-refractivity contribution in [1.29, 1.82) is 0 Å². The number of allylic oxidation sites excluding steroid dienone is 1. The summed E-state index contributed by atoms with van der Waals surface area (Å²) in [6, 6.07) is 0. The maximum Gasteiger partial charge on any atom is 0.0647 e. The zero-order valence-electron chi connectivity index (χ0n) is 8.68. The van der Waals surface area contributed by atoms with E-state index in [1.165, 1.54) is 0 Å². The molecule has 0 saturated heterocycles. The van der Waals surface area contributed by atoms with Gasteiger partial charge in [-0.05, 0) is 27.7 Å². The van der Waals surface area contributed by atoms with E-state index in [-0.39, 0.29) is 5.54 Å². The molecule has 2 nitrogen and oxygen atoms in total. The Bertz CT molecular complexity index is 124. The van der Waals surface area contributed by atoms with Gasteiger partial charge in [-0.3, -0.25) is 0 Å². The van der Waals surface area contributed by atoms with Crippen molar-refractivity contribution in [2.75, 3.05) is 19.8 Å². The van der Waals surface area contributed by atoms with E-state index in [1.54, 1.807) is 0 Å². The second-order valence-corrected chi connectivity index (χ2v) is 3.82. The topological polar surface area (TPSA) is 21.3 Å². The standard InChI is InChI=1S/C10H21NO/c1-5-6-8-12-9-7-11-10(2,3)4/h5-6,11H,7-9H2,1-4H3. The molecule has 0 fully saturated rings. The Balaban J connectivity index is 3.11. The van der Waals surface area contributed by atoms with Gasteiger partial charge in [-0.15, -0.1) is 0 Å². The van der Waals surface area contributed by atoms with E-state index in [2.05, 4.69) is 26.1 Å². The molecule has 1 N–H and O–H groups in total. The van der Waals surface area contributed by atoms with Gasteiger partial charge in [0.1, 0.15) is 0 Å². The van der Waals surface area contributed by atoms with Gasteiger partial charge in [0.15, 0.2) is 0 Å². The van der Waals surface area contributed by atoms with Crippen LogP contribution in [0.2, 0.25) is 0 Å². The Morgan fingerprint density at radius 1 is 1.33 bits per heavy atom. The van der Waals surface area contributed by atoms with E-state index in [9.17, 15) is 0 Å². The van der Waals surface area contributed by atoms with Crippen LogP contribution in [-0.4, -0.2) is 25.3 Å². The van der Waals surface area contributed by atoms with Crippen LogP contribution in [0.3, 0.4) is 0 Å². The summed E-state index contributed by atoms with van der Waals surface area (Å²) in [5.74, 6) is 0. The molecule has 0 bridgehead atoms. The van der Waals surface area contributed by atoms with Crippen LogP contribution in [0, 0.1) is 0 Å². The van der Waals surface area contributed by atoms with Gasteiger partial charge in [0.05, 0.1) is 13.2 Å². The molecule has 0 rings (SSSR count). The Hall–Kier alpha value is -0.340. The lowest BCUT2D eigenvalue weighted by Crippen LogP contribution is -2.37. The van der Waals surface area contributed by atoms with Crippen molar-refractivity contribution in [2.45, 2.75) is 33.2 Å². The molecule has 0 aromatic heterocycles. The number of rotatable bonds is 5. The van der Waals surface area contributed by atoms with Gasteiger partial charge in [0.2, 0.25) is 0 Å². The van der Waals surface area contributed by atoms with Crippen molar-refractivity contribution < 1.29 is 4.74 Å². The van der Waals surface area contributed by atoms with Gasteiger partial charge in [0.25, 0.3) is 0 Å². The first-order chi connectivity index (χ1) is 5.56. The highest BCUT2D eigenvalue weighted by Crippen LogP contribution is 1.96.